The Morgan fingerprint density at radius 1 is 1.35 bits per heavy atom. The van der Waals surface area contributed by atoms with Crippen molar-refractivity contribution in [2.24, 2.45) is 0 Å². The number of hydrogen-bond acceptors (Lipinski definition) is 8. The van der Waals surface area contributed by atoms with Crippen LogP contribution in [0.15, 0.2) is 40.2 Å². The van der Waals surface area contributed by atoms with Gasteiger partial charge >= 0.3 is 5.97 Å². The first-order valence-electron chi connectivity index (χ1n) is 7.85. The molecule has 3 aromatic rings. The van der Waals surface area contributed by atoms with E-state index in [1.807, 2.05) is 23.6 Å². The van der Waals surface area contributed by atoms with Gasteiger partial charge in [-0.25, -0.2) is 0 Å². The lowest BCUT2D eigenvalue weighted by atomic mass is 10.2. The highest BCUT2D eigenvalue weighted by Crippen LogP contribution is 2.28. The molecule has 0 atom stereocenters. The van der Waals surface area contributed by atoms with Gasteiger partial charge in [0.1, 0.15) is 0 Å². The molecule has 0 saturated heterocycles. The fourth-order valence-corrected chi connectivity index (χ4v) is 2.89. The molecule has 0 fully saturated rings. The van der Waals surface area contributed by atoms with Crippen LogP contribution in [0.4, 0.5) is 0 Å². The summed E-state index contributed by atoms with van der Waals surface area (Å²) >= 11 is 1.53. The van der Waals surface area contributed by atoms with Crippen molar-refractivity contribution in [3.63, 3.8) is 0 Å². The van der Waals surface area contributed by atoms with Crippen molar-refractivity contribution < 1.29 is 18.8 Å². The van der Waals surface area contributed by atoms with Gasteiger partial charge < -0.3 is 14.0 Å². The molecule has 8 heteroatoms. The third-order valence-electron chi connectivity index (χ3n) is 3.50. The van der Waals surface area contributed by atoms with Crippen LogP contribution in [0.5, 0.6) is 11.5 Å². The molecule has 26 heavy (non-hydrogen) atoms. The van der Waals surface area contributed by atoms with Crippen LogP contribution < -0.4 is 9.47 Å². The topological polar surface area (TPSA) is 98.2 Å². The first kappa shape index (κ1) is 17.6. The van der Waals surface area contributed by atoms with E-state index in [1.165, 1.54) is 24.5 Å². The summed E-state index contributed by atoms with van der Waals surface area (Å²) in [5.74, 6) is 1.27. The number of hydrogen-bond donors (Lipinski definition) is 0. The summed E-state index contributed by atoms with van der Waals surface area (Å²) in [6, 6.07) is 10.5. The van der Waals surface area contributed by atoms with Gasteiger partial charge in [-0.05, 0) is 30.0 Å². The Kier molecular flexibility index (Phi) is 5.61. The predicted molar refractivity (Wildman–Crippen MR) is 93.9 cm³/mol. The molecule has 0 amide bonds. The smallest absolute Gasteiger partial charge is 0.311 e. The molecule has 0 saturated carbocycles. The summed E-state index contributed by atoms with van der Waals surface area (Å²) in [4.78, 5) is 17.3. The molecule has 0 N–H and O–H groups in total. The normalized spacial score (nSPS) is 10.3. The van der Waals surface area contributed by atoms with Crippen molar-refractivity contribution in [2.75, 3.05) is 7.11 Å². The molecule has 2 aromatic heterocycles. The molecule has 0 bridgehead atoms. The van der Waals surface area contributed by atoms with Crippen LogP contribution in [0.2, 0.25) is 0 Å². The second kappa shape index (κ2) is 8.27. The van der Waals surface area contributed by atoms with E-state index in [0.717, 1.165) is 4.88 Å². The van der Waals surface area contributed by atoms with Gasteiger partial charge in [-0.1, -0.05) is 11.2 Å². The molecule has 0 aliphatic heterocycles. The third-order valence-corrected chi connectivity index (χ3v) is 4.36. The van der Waals surface area contributed by atoms with Gasteiger partial charge in [0, 0.05) is 18.9 Å². The van der Waals surface area contributed by atoms with Gasteiger partial charge in [-0.15, -0.1) is 11.3 Å². The Labute approximate surface area is 153 Å². The average molecular weight is 369 g/mol. The zero-order chi connectivity index (χ0) is 18.4. The monoisotopic (exact) mass is 369 g/mol. The third kappa shape index (κ3) is 4.26. The molecule has 0 spiro atoms. The summed E-state index contributed by atoms with van der Waals surface area (Å²) in [5.41, 5.74) is 0.430. The molecule has 132 valence electrons. The van der Waals surface area contributed by atoms with Crippen molar-refractivity contribution >= 4 is 17.3 Å². The number of benzene rings is 1. The van der Waals surface area contributed by atoms with Crippen molar-refractivity contribution in [1.29, 1.82) is 5.26 Å². The number of aryl methyl sites for hydroxylation is 1. The quantitative estimate of drug-likeness (QED) is 0.463. The number of rotatable bonds is 7. The largest absolute Gasteiger partial charge is 0.493 e. The number of methoxy groups -OCH3 is 1. The van der Waals surface area contributed by atoms with Crippen LogP contribution in [0.25, 0.3) is 10.7 Å². The number of thiophene rings is 1. The van der Waals surface area contributed by atoms with Crippen molar-refractivity contribution in [3.8, 4) is 28.3 Å². The molecule has 0 aliphatic rings. The molecule has 0 aliphatic carbocycles. The second-order valence-corrected chi connectivity index (χ2v) is 6.24. The van der Waals surface area contributed by atoms with E-state index in [0.29, 0.717) is 35.9 Å². The van der Waals surface area contributed by atoms with Gasteiger partial charge in [0.05, 0.1) is 23.6 Å². The Morgan fingerprint density at radius 3 is 2.96 bits per heavy atom. The number of carbonyl (C=O) groups is 1. The Bertz CT molecular complexity index is 928. The summed E-state index contributed by atoms with van der Waals surface area (Å²) in [5, 5.41) is 14.8. The first-order chi connectivity index (χ1) is 12.7. The summed E-state index contributed by atoms with van der Waals surface area (Å²) in [6.45, 7) is 0. The second-order valence-electron chi connectivity index (χ2n) is 5.29. The fourth-order valence-electron chi connectivity index (χ4n) is 2.24. The number of aromatic nitrogens is 2. The van der Waals surface area contributed by atoms with E-state index in [1.54, 1.807) is 12.1 Å². The summed E-state index contributed by atoms with van der Waals surface area (Å²) in [7, 11) is 1.45. The lowest BCUT2D eigenvalue weighted by Gasteiger charge is -2.09. The molecule has 2 heterocycles. The fraction of sp³-hybridized carbons (Fsp3) is 0.222. The lowest BCUT2D eigenvalue weighted by Crippen LogP contribution is -2.09. The zero-order valence-corrected chi connectivity index (χ0v) is 14.8. The molecule has 1 aromatic carbocycles. The van der Waals surface area contributed by atoms with E-state index < -0.39 is 5.97 Å². The van der Waals surface area contributed by atoms with Gasteiger partial charge in [0.15, 0.2) is 11.5 Å². The van der Waals surface area contributed by atoms with Crippen molar-refractivity contribution in [3.05, 3.63) is 47.2 Å². The minimum absolute atomic E-state index is 0.194. The maximum absolute atomic E-state index is 12.0. The van der Waals surface area contributed by atoms with Gasteiger partial charge in [0.25, 0.3) is 0 Å². The Balaban J connectivity index is 1.51. The number of nitrogens with zero attached hydrogens (tertiary/aromatic N) is 3. The van der Waals surface area contributed by atoms with Crippen molar-refractivity contribution in [2.45, 2.75) is 19.3 Å². The number of nitriles is 1. The first-order valence-corrected chi connectivity index (χ1v) is 8.73. The van der Waals surface area contributed by atoms with Crippen LogP contribution >= 0.6 is 11.3 Å². The number of carbonyl (C=O) groups excluding carboxylic acids is 1. The van der Waals surface area contributed by atoms with E-state index in [4.69, 9.17) is 19.3 Å². The van der Waals surface area contributed by atoms with Crippen molar-refractivity contribution in [1.82, 2.24) is 10.1 Å². The Morgan fingerprint density at radius 2 is 2.23 bits per heavy atom. The highest BCUT2D eigenvalue weighted by atomic mass is 32.1. The lowest BCUT2D eigenvalue weighted by molar-refractivity contribution is -0.134. The van der Waals surface area contributed by atoms with Crippen LogP contribution in [0, 0.1) is 11.3 Å². The minimum atomic E-state index is -0.397. The maximum Gasteiger partial charge on any atom is 0.311 e. The SMILES string of the molecule is COc1cc(C#N)ccc1OC(=O)CCCc1nc(-c2cccs2)no1. The average Bonchev–Trinajstić information content (AvgIpc) is 3.33. The molecule has 0 unspecified atom stereocenters. The Hall–Kier alpha value is -3.18. The highest BCUT2D eigenvalue weighted by Gasteiger charge is 2.13. The zero-order valence-electron chi connectivity index (χ0n) is 14.0. The standard InChI is InChI=1S/C18H15N3O4S/c1-23-14-10-12(11-19)7-8-13(14)24-17(22)6-2-5-16-20-18(21-25-16)15-4-3-9-26-15/h3-4,7-10H,2,5-6H2,1H3. The van der Waals surface area contributed by atoms with Crippen LogP contribution in [-0.4, -0.2) is 23.2 Å². The molecular weight excluding hydrogens is 354 g/mol. The van der Waals surface area contributed by atoms with E-state index in [2.05, 4.69) is 10.1 Å². The highest BCUT2D eigenvalue weighted by molar-refractivity contribution is 7.13. The molecular formula is C18H15N3O4S. The van der Waals surface area contributed by atoms with Crippen LogP contribution in [0.3, 0.4) is 0 Å². The predicted octanol–water partition coefficient (Wildman–Crippen LogP) is 3.61. The van der Waals surface area contributed by atoms with Gasteiger partial charge in [0.2, 0.25) is 11.7 Å². The van der Waals surface area contributed by atoms with Crippen LogP contribution in [0.1, 0.15) is 24.3 Å². The number of ether oxygens (including phenoxy) is 2. The van der Waals surface area contributed by atoms with E-state index in [-0.39, 0.29) is 12.2 Å². The summed E-state index contributed by atoms with van der Waals surface area (Å²) in [6.07, 6.45) is 1.20. The molecule has 0 radical (unpaired) electrons. The van der Waals surface area contributed by atoms with E-state index >= 15 is 0 Å². The van der Waals surface area contributed by atoms with Gasteiger partial charge in [-0.2, -0.15) is 10.2 Å². The van der Waals surface area contributed by atoms with Gasteiger partial charge in [-0.3, -0.25) is 4.79 Å². The minimum Gasteiger partial charge on any atom is -0.493 e. The maximum atomic E-state index is 12.0. The van der Waals surface area contributed by atoms with Crippen LogP contribution in [-0.2, 0) is 11.2 Å². The summed E-state index contributed by atoms with van der Waals surface area (Å²) < 4.78 is 15.6. The van der Waals surface area contributed by atoms with E-state index in [9.17, 15) is 4.79 Å². The molecule has 7 nitrogen and oxygen atoms in total. The molecule has 3 rings (SSSR count). The number of esters is 1.